The Hall–Kier alpha value is -2.17. The van der Waals surface area contributed by atoms with Crippen molar-refractivity contribution < 1.29 is 9.18 Å². The van der Waals surface area contributed by atoms with E-state index in [0.717, 1.165) is 11.4 Å². The lowest BCUT2D eigenvalue weighted by Crippen LogP contribution is -2.36. The third-order valence-corrected chi connectivity index (χ3v) is 3.08. The fourth-order valence-corrected chi connectivity index (χ4v) is 2.13. The molecule has 1 aromatic heterocycles. The van der Waals surface area contributed by atoms with Crippen molar-refractivity contribution in [3.8, 4) is 0 Å². The average molecular weight is 275 g/mol. The quantitative estimate of drug-likeness (QED) is 0.936. The SMILES string of the molecule is Cc1cc(N[C@@H](C)C(=O)N(C)C)c2cc(F)ccc2n1. The number of likely N-dealkylation sites (N-methyl/N-ethyl adjacent to an activating group) is 1. The molecule has 0 fully saturated rings. The molecule has 1 amide bonds. The molecule has 0 aliphatic carbocycles. The molecule has 1 aromatic carbocycles. The van der Waals surface area contributed by atoms with E-state index in [1.165, 1.54) is 17.0 Å². The summed E-state index contributed by atoms with van der Waals surface area (Å²) in [5.41, 5.74) is 2.24. The van der Waals surface area contributed by atoms with Crippen molar-refractivity contribution in [3.05, 3.63) is 35.8 Å². The first-order chi connectivity index (χ1) is 9.38. The zero-order valence-corrected chi connectivity index (χ0v) is 12.1. The van der Waals surface area contributed by atoms with Gasteiger partial charge in [0.05, 0.1) is 5.52 Å². The maximum atomic E-state index is 13.4. The van der Waals surface area contributed by atoms with Crippen molar-refractivity contribution >= 4 is 22.5 Å². The summed E-state index contributed by atoms with van der Waals surface area (Å²) in [5, 5.41) is 3.81. The Kier molecular flexibility index (Phi) is 3.88. The Morgan fingerprint density at radius 3 is 2.70 bits per heavy atom. The van der Waals surface area contributed by atoms with Gasteiger partial charge in [-0.3, -0.25) is 9.78 Å². The topological polar surface area (TPSA) is 45.2 Å². The van der Waals surface area contributed by atoms with Gasteiger partial charge in [0.15, 0.2) is 0 Å². The summed E-state index contributed by atoms with van der Waals surface area (Å²) in [5.74, 6) is -0.359. The third-order valence-electron chi connectivity index (χ3n) is 3.08. The highest BCUT2D eigenvalue weighted by atomic mass is 19.1. The Morgan fingerprint density at radius 2 is 2.05 bits per heavy atom. The van der Waals surface area contributed by atoms with Crippen molar-refractivity contribution in [1.29, 1.82) is 0 Å². The molecule has 0 aliphatic heterocycles. The number of hydrogen-bond acceptors (Lipinski definition) is 3. The maximum absolute atomic E-state index is 13.4. The summed E-state index contributed by atoms with van der Waals surface area (Å²) < 4.78 is 13.4. The number of hydrogen-bond donors (Lipinski definition) is 1. The molecule has 0 aliphatic rings. The second-order valence-electron chi connectivity index (χ2n) is 5.07. The molecule has 2 aromatic rings. The summed E-state index contributed by atoms with van der Waals surface area (Å²) in [6, 6.07) is 5.88. The van der Waals surface area contributed by atoms with Gasteiger partial charge in [0.2, 0.25) is 5.91 Å². The zero-order chi connectivity index (χ0) is 14.9. The van der Waals surface area contributed by atoms with Gasteiger partial charge in [-0.25, -0.2) is 4.39 Å². The van der Waals surface area contributed by atoms with Crippen molar-refractivity contribution in [1.82, 2.24) is 9.88 Å². The van der Waals surface area contributed by atoms with Gasteiger partial charge in [-0.1, -0.05) is 0 Å². The maximum Gasteiger partial charge on any atom is 0.244 e. The van der Waals surface area contributed by atoms with E-state index < -0.39 is 6.04 Å². The molecule has 1 atom stereocenters. The highest BCUT2D eigenvalue weighted by Gasteiger charge is 2.16. The summed E-state index contributed by atoms with van der Waals surface area (Å²) >= 11 is 0. The molecule has 0 saturated carbocycles. The van der Waals surface area contributed by atoms with Crippen LogP contribution in [0.5, 0.6) is 0 Å². The van der Waals surface area contributed by atoms with Gasteiger partial charge >= 0.3 is 0 Å². The number of nitrogens with one attached hydrogen (secondary N) is 1. The van der Waals surface area contributed by atoms with E-state index in [-0.39, 0.29) is 11.7 Å². The molecular formula is C15H18FN3O. The van der Waals surface area contributed by atoms with Crippen LogP contribution in [0.4, 0.5) is 10.1 Å². The van der Waals surface area contributed by atoms with Gasteiger partial charge in [-0.15, -0.1) is 0 Å². The van der Waals surface area contributed by atoms with Crippen LogP contribution in [-0.2, 0) is 4.79 Å². The van der Waals surface area contributed by atoms with E-state index in [1.807, 2.05) is 13.0 Å². The number of amides is 1. The van der Waals surface area contributed by atoms with E-state index in [0.29, 0.717) is 10.9 Å². The van der Waals surface area contributed by atoms with E-state index in [1.54, 1.807) is 27.1 Å². The van der Waals surface area contributed by atoms with Gasteiger partial charge in [-0.05, 0) is 38.1 Å². The molecular weight excluding hydrogens is 257 g/mol. The van der Waals surface area contributed by atoms with Crippen molar-refractivity contribution in [3.63, 3.8) is 0 Å². The van der Waals surface area contributed by atoms with Crippen molar-refractivity contribution in [2.24, 2.45) is 0 Å². The fourth-order valence-electron chi connectivity index (χ4n) is 2.13. The number of rotatable bonds is 3. The number of carbonyl (C=O) groups excluding carboxylic acids is 1. The molecule has 0 unspecified atom stereocenters. The summed E-state index contributed by atoms with van der Waals surface area (Å²) in [6.07, 6.45) is 0. The number of aryl methyl sites for hydroxylation is 1. The van der Waals surface area contributed by atoms with E-state index >= 15 is 0 Å². The van der Waals surface area contributed by atoms with Crippen molar-refractivity contribution in [2.75, 3.05) is 19.4 Å². The molecule has 4 nitrogen and oxygen atoms in total. The first-order valence-corrected chi connectivity index (χ1v) is 6.43. The molecule has 1 heterocycles. The van der Waals surface area contributed by atoms with E-state index in [9.17, 15) is 9.18 Å². The van der Waals surface area contributed by atoms with Crippen molar-refractivity contribution in [2.45, 2.75) is 19.9 Å². The lowest BCUT2D eigenvalue weighted by molar-refractivity contribution is -0.129. The minimum Gasteiger partial charge on any atom is -0.373 e. The van der Waals surface area contributed by atoms with E-state index in [2.05, 4.69) is 10.3 Å². The molecule has 2 rings (SSSR count). The lowest BCUT2D eigenvalue weighted by Gasteiger charge is -2.20. The third kappa shape index (κ3) is 2.87. The van der Waals surface area contributed by atoms with Gasteiger partial charge < -0.3 is 10.2 Å². The summed E-state index contributed by atoms with van der Waals surface area (Å²) in [6.45, 7) is 3.65. The van der Waals surface area contributed by atoms with Crippen LogP contribution in [0, 0.1) is 12.7 Å². The molecule has 20 heavy (non-hydrogen) atoms. The van der Waals surface area contributed by atoms with Crippen LogP contribution >= 0.6 is 0 Å². The minimum atomic E-state index is -0.390. The molecule has 0 bridgehead atoms. The van der Waals surface area contributed by atoms with Crippen LogP contribution in [0.1, 0.15) is 12.6 Å². The fraction of sp³-hybridized carbons (Fsp3) is 0.333. The monoisotopic (exact) mass is 275 g/mol. The van der Waals surface area contributed by atoms with Crippen LogP contribution in [0.25, 0.3) is 10.9 Å². The summed E-state index contributed by atoms with van der Waals surface area (Å²) in [7, 11) is 3.41. The molecule has 0 saturated heterocycles. The predicted molar refractivity (Wildman–Crippen MR) is 78.2 cm³/mol. The highest BCUT2D eigenvalue weighted by Crippen LogP contribution is 2.24. The summed E-state index contributed by atoms with van der Waals surface area (Å²) in [4.78, 5) is 17.8. The first kappa shape index (κ1) is 14.2. The number of carbonyl (C=O) groups is 1. The number of halogens is 1. The van der Waals surface area contributed by atoms with Gasteiger partial charge in [0.25, 0.3) is 0 Å². The van der Waals surface area contributed by atoms with Gasteiger partial charge in [0, 0.05) is 30.9 Å². The Balaban J connectivity index is 2.43. The van der Waals surface area contributed by atoms with Crippen LogP contribution in [0.15, 0.2) is 24.3 Å². The molecule has 106 valence electrons. The number of aromatic nitrogens is 1. The number of anilines is 1. The standard InChI is InChI=1S/C15H18FN3O/c1-9-7-14(18-10(2)15(20)19(3)4)12-8-11(16)5-6-13(12)17-9/h5-8,10H,1-4H3,(H,17,18)/t10-/m0/s1. The number of benzene rings is 1. The molecule has 0 spiro atoms. The largest absolute Gasteiger partial charge is 0.373 e. The molecule has 0 radical (unpaired) electrons. The normalized spacial score (nSPS) is 12.2. The lowest BCUT2D eigenvalue weighted by atomic mass is 10.1. The Labute approximate surface area is 117 Å². The number of fused-ring (bicyclic) bond motifs is 1. The number of pyridine rings is 1. The van der Waals surface area contributed by atoms with Crippen LogP contribution in [-0.4, -0.2) is 35.9 Å². The first-order valence-electron chi connectivity index (χ1n) is 6.43. The smallest absolute Gasteiger partial charge is 0.244 e. The van der Waals surface area contributed by atoms with Crippen LogP contribution < -0.4 is 5.32 Å². The van der Waals surface area contributed by atoms with Gasteiger partial charge in [0.1, 0.15) is 11.9 Å². The average Bonchev–Trinajstić information content (AvgIpc) is 2.38. The second-order valence-corrected chi connectivity index (χ2v) is 5.07. The Bertz CT molecular complexity index is 655. The predicted octanol–water partition coefficient (Wildman–Crippen LogP) is 2.57. The highest BCUT2D eigenvalue weighted by molar-refractivity contribution is 5.94. The second kappa shape index (κ2) is 5.45. The number of nitrogens with zero attached hydrogens (tertiary/aromatic N) is 2. The molecule has 5 heteroatoms. The Morgan fingerprint density at radius 1 is 1.35 bits per heavy atom. The van der Waals surface area contributed by atoms with Gasteiger partial charge in [-0.2, -0.15) is 0 Å². The minimum absolute atomic E-state index is 0.0379. The van der Waals surface area contributed by atoms with Crippen LogP contribution in [0.3, 0.4) is 0 Å². The molecule has 1 N–H and O–H groups in total. The van der Waals surface area contributed by atoms with E-state index in [4.69, 9.17) is 0 Å². The van der Waals surface area contributed by atoms with Crippen LogP contribution in [0.2, 0.25) is 0 Å². The zero-order valence-electron chi connectivity index (χ0n) is 12.1.